The van der Waals surface area contributed by atoms with Gasteiger partial charge in [0.25, 0.3) is 5.91 Å². The molecule has 1 N–H and O–H groups in total. The van der Waals surface area contributed by atoms with Gasteiger partial charge >= 0.3 is 0 Å². The summed E-state index contributed by atoms with van der Waals surface area (Å²) in [6.45, 7) is -0.270. The van der Waals surface area contributed by atoms with Crippen LogP contribution in [0.2, 0.25) is 10.0 Å². The van der Waals surface area contributed by atoms with Gasteiger partial charge in [-0.15, -0.1) is 0 Å². The molecular weight excluding hydrogens is 469 g/mol. The van der Waals surface area contributed by atoms with Crippen LogP contribution in [-0.4, -0.2) is 37.9 Å². The molecule has 32 heavy (non-hydrogen) atoms. The largest absolute Gasteiger partial charge is 0.272 e. The number of carbonyl (C=O) groups is 1. The summed E-state index contributed by atoms with van der Waals surface area (Å²) in [4.78, 5) is 12.5. The highest BCUT2D eigenvalue weighted by Crippen LogP contribution is 2.19. The van der Waals surface area contributed by atoms with Crippen molar-refractivity contribution >= 4 is 45.3 Å². The van der Waals surface area contributed by atoms with Crippen LogP contribution in [0.1, 0.15) is 11.1 Å². The van der Waals surface area contributed by atoms with Crippen molar-refractivity contribution in [2.75, 3.05) is 13.1 Å². The molecule has 3 aromatic rings. The molecule has 3 aromatic carbocycles. The molecule has 3 rings (SSSR count). The maximum atomic E-state index is 13.2. The Bertz CT molecular complexity index is 1180. The van der Waals surface area contributed by atoms with E-state index in [0.717, 1.165) is 9.87 Å². The first-order chi connectivity index (χ1) is 15.4. The van der Waals surface area contributed by atoms with Crippen LogP contribution in [0.15, 0.2) is 88.9 Å². The lowest BCUT2D eigenvalue weighted by molar-refractivity contribution is -0.121. The Morgan fingerprint density at radius 3 is 2.28 bits per heavy atom. The quantitative estimate of drug-likeness (QED) is 0.357. The van der Waals surface area contributed by atoms with Gasteiger partial charge < -0.3 is 0 Å². The molecule has 0 unspecified atom stereocenters. The highest BCUT2D eigenvalue weighted by Gasteiger charge is 2.26. The summed E-state index contributed by atoms with van der Waals surface area (Å²) in [5, 5.41) is 4.80. The summed E-state index contributed by atoms with van der Waals surface area (Å²) < 4.78 is 27.5. The van der Waals surface area contributed by atoms with E-state index in [1.165, 1.54) is 30.5 Å². The van der Waals surface area contributed by atoms with E-state index in [2.05, 4.69) is 10.5 Å². The molecule has 0 aliphatic heterocycles. The lowest BCUT2D eigenvalue weighted by atomic mass is 10.1. The third kappa shape index (κ3) is 6.64. The van der Waals surface area contributed by atoms with Gasteiger partial charge in [0, 0.05) is 22.2 Å². The van der Waals surface area contributed by atoms with Crippen molar-refractivity contribution in [3.63, 3.8) is 0 Å². The highest BCUT2D eigenvalue weighted by molar-refractivity contribution is 7.89. The van der Waals surface area contributed by atoms with Gasteiger partial charge in [0.15, 0.2) is 0 Å². The van der Waals surface area contributed by atoms with Crippen LogP contribution in [0.3, 0.4) is 0 Å². The average molecular weight is 490 g/mol. The van der Waals surface area contributed by atoms with E-state index in [4.69, 9.17) is 23.2 Å². The van der Waals surface area contributed by atoms with Crippen molar-refractivity contribution in [1.29, 1.82) is 0 Å². The van der Waals surface area contributed by atoms with Gasteiger partial charge in [-0.1, -0.05) is 71.7 Å². The summed E-state index contributed by atoms with van der Waals surface area (Å²) >= 11 is 11.9. The van der Waals surface area contributed by atoms with Gasteiger partial charge in [0.2, 0.25) is 10.0 Å². The number of hydrazone groups is 1. The fourth-order valence-corrected chi connectivity index (χ4v) is 4.60. The number of hydrogen-bond acceptors (Lipinski definition) is 4. The fourth-order valence-electron chi connectivity index (χ4n) is 2.89. The number of amides is 1. The first-order valence-electron chi connectivity index (χ1n) is 9.72. The Morgan fingerprint density at radius 1 is 0.938 bits per heavy atom. The van der Waals surface area contributed by atoms with Gasteiger partial charge in [0.05, 0.1) is 17.7 Å². The van der Waals surface area contributed by atoms with Crippen molar-refractivity contribution < 1.29 is 13.2 Å². The van der Waals surface area contributed by atoms with E-state index in [-0.39, 0.29) is 11.4 Å². The maximum Gasteiger partial charge on any atom is 0.255 e. The molecule has 0 saturated carbocycles. The first kappa shape index (κ1) is 23.9. The van der Waals surface area contributed by atoms with Crippen LogP contribution < -0.4 is 5.43 Å². The molecule has 0 spiro atoms. The van der Waals surface area contributed by atoms with E-state index >= 15 is 0 Å². The van der Waals surface area contributed by atoms with E-state index in [0.29, 0.717) is 22.0 Å². The zero-order valence-corrected chi connectivity index (χ0v) is 19.3. The Balaban J connectivity index is 1.74. The van der Waals surface area contributed by atoms with E-state index in [9.17, 15) is 13.2 Å². The number of nitrogens with zero attached hydrogens (tertiary/aromatic N) is 2. The van der Waals surface area contributed by atoms with E-state index in [1.54, 1.807) is 24.3 Å². The number of sulfonamides is 1. The molecule has 0 aromatic heterocycles. The molecule has 0 aliphatic carbocycles. The van der Waals surface area contributed by atoms with Crippen LogP contribution in [0.4, 0.5) is 0 Å². The van der Waals surface area contributed by atoms with Crippen LogP contribution in [0.25, 0.3) is 0 Å². The Labute approximate surface area is 197 Å². The Morgan fingerprint density at radius 2 is 1.59 bits per heavy atom. The number of carbonyl (C=O) groups excluding carboxylic acids is 1. The molecule has 0 aliphatic rings. The molecule has 6 nitrogen and oxygen atoms in total. The number of nitrogens with one attached hydrogen (secondary N) is 1. The van der Waals surface area contributed by atoms with Crippen molar-refractivity contribution in [2.24, 2.45) is 5.10 Å². The maximum absolute atomic E-state index is 13.2. The second kappa shape index (κ2) is 11.2. The summed E-state index contributed by atoms with van der Waals surface area (Å²) in [7, 11) is -3.93. The Kier molecular flexibility index (Phi) is 8.41. The summed E-state index contributed by atoms with van der Waals surface area (Å²) in [5.74, 6) is -0.570. The SMILES string of the molecule is O=C(CN(CCc1ccccc1)S(=O)(=O)c1ccc(Cl)cc1)N/N=C\c1ccccc1Cl. The van der Waals surface area contributed by atoms with Gasteiger partial charge in [-0.05, 0) is 42.3 Å². The van der Waals surface area contributed by atoms with E-state index in [1.807, 2.05) is 30.3 Å². The minimum atomic E-state index is -3.93. The number of halogens is 2. The molecule has 1 amide bonds. The van der Waals surface area contributed by atoms with Gasteiger partial charge in [-0.3, -0.25) is 4.79 Å². The molecule has 0 bridgehead atoms. The first-order valence-corrected chi connectivity index (χ1v) is 11.9. The third-order valence-electron chi connectivity index (χ3n) is 4.56. The third-order valence-corrected chi connectivity index (χ3v) is 7.02. The van der Waals surface area contributed by atoms with Crippen molar-refractivity contribution in [1.82, 2.24) is 9.73 Å². The summed E-state index contributed by atoms with van der Waals surface area (Å²) in [6, 6.07) is 22.3. The zero-order valence-electron chi connectivity index (χ0n) is 17.0. The average Bonchev–Trinajstić information content (AvgIpc) is 2.79. The normalized spacial score (nSPS) is 11.7. The zero-order chi connectivity index (χ0) is 23.0. The molecule has 0 radical (unpaired) electrons. The second-order valence-electron chi connectivity index (χ2n) is 6.84. The predicted molar refractivity (Wildman–Crippen MR) is 128 cm³/mol. The van der Waals surface area contributed by atoms with Crippen molar-refractivity contribution in [3.05, 3.63) is 100 Å². The number of rotatable bonds is 9. The second-order valence-corrected chi connectivity index (χ2v) is 9.62. The van der Waals surface area contributed by atoms with Crippen LogP contribution >= 0.6 is 23.2 Å². The van der Waals surface area contributed by atoms with Gasteiger partial charge in [-0.25, -0.2) is 13.8 Å². The molecule has 0 saturated heterocycles. The van der Waals surface area contributed by atoms with Crippen LogP contribution in [0, 0.1) is 0 Å². The lowest BCUT2D eigenvalue weighted by Gasteiger charge is -2.21. The van der Waals surface area contributed by atoms with Gasteiger partial charge in [0.1, 0.15) is 0 Å². The van der Waals surface area contributed by atoms with Crippen molar-refractivity contribution in [2.45, 2.75) is 11.3 Å². The molecule has 0 fully saturated rings. The molecule has 0 atom stereocenters. The van der Waals surface area contributed by atoms with Crippen LogP contribution in [-0.2, 0) is 21.2 Å². The molecule has 0 heterocycles. The molecule has 9 heteroatoms. The minimum Gasteiger partial charge on any atom is -0.272 e. The predicted octanol–water partition coefficient (Wildman–Crippen LogP) is 4.38. The fraction of sp³-hybridized carbons (Fsp3) is 0.130. The standard InChI is InChI=1S/C23H21Cl2N3O3S/c24-20-10-12-21(13-11-20)32(30,31)28(15-14-18-6-2-1-3-7-18)17-23(29)27-26-16-19-8-4-5-9-22(19)25/h1-13,16H,14-15,17H2,(H,27,29)/b26-16-. The highest BCUT2D eigenvalue weighted by atomic mass is 35.5. The summed E-state index contributed by atoms with van der Waals surface area (Å²) in [5.41, 5.74) is 3.95. The minimum absolute atomic E-state index is 0.0577. The smallest absolute Gasteiger partial charge is 0.255 e. The van der Waals surface area contributed by atoms with E-state index < -0.39 is 22.5 Å². The number of hydrogen-bond donors (Lipinski definition) is 1. The van der Waals surface area contributed by atoms with Gasteiger partial charge in [-0.2, -0.15) is 9.41 Å². The topological polar surface area (TPSA) is 78.8 Å². The Hall–Kier alpha value is -2.71. The van der Waals surface area contributed by atoms with Crippen LogP contribution in [0.5, 0.6) is 0 Å². The monoisotopic (exact) mass is 489 g/mol. The van der Waals surface area contributed by atoms with Crippen molar-refractivity contribution in [3.8, 4) is 0 Å². The molecule has 166 valence electrons. The lowest BCUT2D eigenvalue weighted by Crippen LogP contribution is -2.40. The number of benzene rings is 3. The molecular formula is C23H21Cl2N3O3S. The summed E-state index contributed by atoms with van der Waals surface area (Å²) in [6.07, 6.45) is 1.85.